The van der Waals surface area contributed by atoms with Crippen molar-refractivity contribution in [3.05, 3.63) is 77.9 Å². The molecule has 0 amide bonds. The lowest BCUT2D eigenvalue weighted by Crippen LogP contribution is -2.20. The van der Waals surface area contributed by atoms with Crippen LogP contribution in [0.4, 0.5) is 0 Å². The van der Waals surface area contributed by atoms with Crippen molar-refractivity contribution in [2.75, 3.05) is 6.61 Å². The van der Waals surface area contributed by atoms with Crippen LogP contribution >= 0.6 is 0 Å². The SMILES string of the molecule is O=C(CC=C1[C@H]2CC(=O)O[C@H]2C[C@H]1OC(=O)c1ccccc1)COc1ccccc1. The van der Waals surface area contributed by atoms with Crippen LogP contribution in [0.2, 0.25) is 0 Å². The summed E-state index contributed by atoms with van der Waals surface area (Å²) in [6, 6.07) is 17.8. The van der Waals surface area contributed by atoms with Crippen molar-refractivity contribution in [1.82, 2.24) is 0 Å². The molecule has 1 aliphatic heterocycles. The molecule has 154 valence electrons. The van der Waals surface area contributed by atoms with Gasteiger partial charge in [-0.2, -0.15) is 0 Å². The molecule has 6 heteroatoms. The standard InChI is InChI=1S/C24H22O6/c25-17(15-28-18-9-5-2-6-10-18)11-12-19-20-13-23(26)29-22(20)14-21(19)30-24(27)16-7-3-1-4-8-16/h1-10,12,20-22H,11,13-15H2/t20-,21-,22+/m1/s1. The van der Waals surface area contributed by atoms with Crippen LogP contribution in [0.5, 0.6) is 5.75 Å². The summed E-state index contributed by atoms with van der Waals surface area (Å²) in [7, 11) is 0. The zero-order valence-electron chi connectivity index (χ0n) is 16.4. The molecule has 4 rings (SSSR count). The number of allylic oxidation sites excluding steroid dienone is 1. The van der Waals surface area contributed by atoms with Crippen molar-refractivity contribution in [2.45, 2.75) is 31.5 Å². The number of ether oxygens (including phenoxy) is 3. The second kappa shape index (κ2) is 8.95. The van der Waals surface area contributed by atoms with Crippen LogP contribution in [-0.4, -0.2) is 36.5 Å². The minimum Gasteiger partial charge on any atom is -0.486 e. The lowest BCUT2D eigenvalue weighted by atomic mass is 9.97. The molecule has 0 spiro atoms. The third-order valence-corrected chi connectivity index (χ3v) is 5.33. The molecule has 1 saturated heterocycles. The molecular weight excluding hydrogens is 384 g/mol. The summed E-state index contributed by atoms with van der Waals surface area (Å²) in [4.78, 5) is 36.5. The predicted molar refractivity (Wildman–Crippen MR) is 108 cm³/mol. The summed E-state index contributed by atoms with van der Waals surface area (Å²) in [5, 5.41) is 0. The minimum absolute atomic E-state index is 0.0498. The number of ketones is 1. The maximum absolute atomic E-state index is 12.5. The van der Waals surface area contributed by atoms with Gasteiger partial charge < -0.3 is 14.2 Å². The van der Waals surface area contributed by atoms with Crippen molar-refractivity contribution in [3.63, 3.8) is 0 Å². The number of hydrogen-bond acceptors (Lipinski definition) is 6. The fraction of sp³-hybridized carbons (Fsp3) is 0.292. The molecule has 1 aliphatic carbocycles. The predicted octanol–water partition coefficient (Wildman–Crippen LogP) is 3.51. The number of carbonyl (C=O) groups excluding carboxylic acids is 3. The van der Waals surface area contributed by atoms with Crippen LogP contribution in [0.1, 0.15) is 29.6 Å². The molecular formula is C24H22O6. The number of rotatable bonds is 7. The van der Waals surface area contributed by atoms with Crippen molar-refractivity contribution < 1.29 is 28.6 Å². The van der Waals surface area contributed by atoms with Gasteiger partial charge >= 0.3 is 11.9 Å². The van der Waals surface area contributed by atoms with Crippen LogP contribution in [0, 0.1) is 5.92 Å². The summed E-state index contributed by atoms with van der Waals surface area (Å²) < 4.78 is 16.6. The first-order valence-electron chi connectivity index (χ1n) is 9.95. The Morgan fingerprint density at radius 2 is 1.73 bits per heavy atom. The number of hydrogen-bond donors (Lipinski definition) is 0. The maximum Gasteiger partial charge on any atom is 0.338 e. The number of carbonyl (C=O) groups is 3. The highest BCUT2D eigenvalue weighted by atomic mass is 16.6. The van der Waals surface area contributed by atoms with Crippen molar-refractivity contribution >= 4 is 17.7 Å². The summed E-state index contributed by atoms with van der Waals surface area (Å²) in [5.74, 6) is -0.329. The molecule has 2 aromatic rings. The Kier molecular flexibility index (Phi) is 5.93. The number of fused-ring (bicyclic) bond motifs is 1. The van der Waals surface area contributed by atoms with E-state index in [0.717, 1.165) is 5.57 Å². The van der Waals surface area contributed by atoms with Gasteiger partial charge in [0, 0.05) is 18.8 Å². The Morgan fingerprint density at radius 3 is 2.47 bits per heavy atom. The Hall–Kier alpha value is -3.41. The molecule has 2 fully saturated rings. The molecule has 2 aromatic carbocycles. The van der Waals surface area contributed by atoms with E-state index in [4.69, 9.17) is 14.2 Å². The first kappa shape index (κ1) is 19.9. The van der Waals surface area contributed by atoms with Crippen molar-refractivity contribution in [3.8, 4) is 5.75 Å². The van der Waals surface area contributed by atoms with E-state index in [1.165, 1.54) is 0 Å². The number of Topliss-reactive ketones (excluding diaryl/α,β-unsaturated/α-hetero) is 1. The van der Waals surface area contributed by atoms with Gasteiger partial charge in [-0.3, -0.25) is 9.59 Å². The Balaban J connectivity index is 1.42. The normalized spacial score (nSPS) is 23.7. The largest absolute Gasteiger partial charge is 0.486 e. The Bertz CT molecular complexity index is 950. The van der Waals surface area contributed by atoms with Gasteiger partial charge in [-0.1, -0.05) is 42.5 Å². The summed E-state index contributed by atoms with van der Waals surface area (Å²) in [5.41, 5.74) is 1.24. The van der Waals surface area contributed by atoms with Crippen LogP contribution < -0.4 is 4.74 Å². The van der Waals surface area contributed by atoms with Crippen LogP contribution in [-0.2, 0) is 19.1 Å². The smallest absolute Gasteiger partial charge is 0.338 e. The molecule has 0 aromatic heterocycles. The molecule has 2 aliphatic rings. The summed E-state index contributed by atoms with van der Waals surface area (Å²) >= 11 is 0. The first-order valence-corrected chi connectivity index (χ1v) is 9.95. The highest BCUT2D eigenvalue weighted by molar-refractivity contribution is 5.89. The fourth-order valence-corrected chi connectivity index (χ4v) is 3.88. The molecule has 0 bridgehead atoms. The second-order valence-corrected chi connectivity index (χ2v) is 7.38. The minimum atomic E-state index is -0.511. The quantitative estimate of drug-likeness (QED) is 0.517. The Morgan fingerprint density at radius 1 is 1.03 bits per heavy atom. The van der Waals surface area contributed by atoms with E-state index in [1.807, 2.05) is 24.3 Å². The third-order valence-electron chi connectivity index (χ3n) is 5.33. The fourth-order valence-electron chi connectivity index (χ4n) is 3.88. The number of para-hydroxylation sites is 1. The van der Waals surface area contributed by atoms with Gasteiger partial charge in [0.25, 0.3) is 0 Å². The van der Waals surface area contributed by atoms with Gasteiger partial charge in [0.05, 0.1) is 12.0 Å². The highest BCUT2D eigenvalue weighted by Gasteiger charge is 2.48. The molecule has 1 saturated carbocycles. The van der Waals surface area contributed by atoms with E-state index in [1.54, 1.807) is 42.5 Å². The van der Waals surface area contributed by atoms with Gasteiger partial charge in [-0.15, -0.1) is 0 Å². The van der Waals surface area contributed by atoms with Crippen LogP contribution in [0.3, 0.4) is 0 Å². The van der Waals surface area contributed by atoms with Gasteiger partial charge in [0.15, 0.2) is 5.78 Å². The third kappa shape index (κ3) is 4.59. The molecule has 0 N–H and O–H groups in total. The van der Waals surface area contributed by atoms with E-state index < -0.39 is 12.1 Å². The van der Waals surface area contributed by atoms with E-state index in [2.05, 4.69) is 0 Å². The van der Waals surface area contributed by atoms with E-state index in [-0.39, 0.29) is 43.2 Å². The first-order chi connectivity index (χ1) is 14.6. The number of benzene rings is 2. The maximum atomic E-state index is 12.5. The van der Waals surface area contributed by atoms with E-state index in [9.17, 15) is 14.4 Å². The lowest BCUT2D eigenvalue weighted by molar-refractivity contribution is -0.141. The van der Waals surface area contributed by atoms with Gasteiger partial charge in [-0.25, -0.2) is 4.79 Å². The zero-order valence-corrected chi connectivity index (χ0v) is 16.4. The lowest BCUT2D eigenvalue weighted by Gasteiger charge is -2.16. The molecule has 0 radical (unpaired) electrons. The van der Waals surface area contributed by atoms with Gasteiger partial charge in [-0.05, 0) is 29.8 Å². The molecule has 30 heavy (non-hydrogen) atoms. The van der Waals surface area contributed by atoms with Crippen LogP contribution in [0.15, 0.2) is 72.3 Å². The van der Waals surface area contributed by atoms with Gasteiger partial charge in [0.1, 0.15) is 24.6 Å². The topological polar surface area (TPSA) is 78.9 Å². The van der Waals surface area contributed by atoms with Crippen molar-refractivity contribution in [1.29, 1.82) is 0 Å². The average molecular weight is 406 g/mol. The summed E-state index contributed by atoms with van der Waals surface area (Å²) in [6.45, 7) is -0.0498. The highest BCUT2D eigenvalue weighted by Crippen LogP contribution is 2.42. The van der Waals surface area contributed by atoms with E-state index >= 15 is 0 Å². The van der Waals surface area contributed by atoms with Crippen molar-refractivity contribution in [2.24, 2.45) is 5.92 Å². The van der Waals surface area contributed by atoms with Crippen LogP contribution in [0.25, 0.3) is 0 Å². The van der Waals surface area contributed by atoms with Gasteiger partial charge in [0.2, 0.25) is 0 Å². The molecule has 6 nitrogen and oxygen atoms in total. The molecule has 1 heterocycles. The Labute approximate surface area is 174 Å². The summed E-state index contributed by atoms with van der Waals surface area (Å²) in [6.07, 6.45) is 1.74. The average Bonchev–Trinajstić information content (AvgIpc) is 3.27. The zero-order chi connectivity index (χ0) is 20.9. The second-order valence-electron chi connectivity index (χ2n) is 7.38. The number of esters is 2. The van der Waals surface area contributed by atoms with E-state index in [0.29, 0.717) is 17.7 Å². The molecule has 0 unspecified atom stereocenters. The molecule has 3 atom stereocenters. The monoisotopic (exact) mass is 406 g/mol.